The van der Waals surface area contributed by atoms with Crippen molar-refractivity contribution in [2.24, 2.45) is 5.92 Å². The molecule has 0 radical (unpaired) electrons. The third-order valence-electron chi connectivity index (χ3n) is 3.31. The van der Waals surface area contributed by atoms with E-state index in [2.05, 4.69) is 51.9 Å². The topological polar surface area (TPSA) is 45.8 Å². The second kappa shape index (κ2) is 6.56. The SMILES string of the molecule is CC(C)Cc1ccc(-c2nc(C(C)C)c(Br)c(=O)[nH]2)cc1. The molecule has 112 valence electrons. The number of H-pyrrole nitrogens is 1. The molecule has 2 aromatic rings. The van der Waals surface area contributed by atoms with Crippen molar-refractivity contribution in [1.82, 2.24) is 9.97 Å². The second-order valence-corrected chi connectivity index (χ2v) is 6.86. The van der Waals surface area contributed by atoms with Gasteiger partial charge in [-0.3, -0.25) is 4.79 Å². The van der Waals surface area contributed by atoms with Crippen LogP contribution in [0, 0.1) is 5.92 Å². The molecule has 0 spiro atoms. The molecule has 3 nitrogen and oxygen atoms in total. The molecule has 1 aromatic carbocycles. The largest absolute Gasteiger partial charge is 0.306 e. The van der Waals surface area contributed by atoms with Crippen molar-refractivity contribution in [2.45, 2.75) is 40.0 Å². The lowest BCUT2D eigenvalue weighted by Gasteiger charge is -2.10. The lowest BCUT2D eigenvalue weighted by Crippen LogP contribution is -2.14. The van der Waals surface area contributed by atoms with E-state index in [1.54, 1.807) is 0 Å². The van der Waals surface area contributed by atoms with Crippen LogP contribution in [0.4, 0.5) is 0 Å². The van der Waals surface area contributed by atoms with Crippen LogP contribution in [0.5, 0.6) is 0 Å². The standard InChI is InChI=1S/C17H21BrN2O/c1-10(2)9-12-5-7-13(8-6-12)16-19-15(11(3)4)14(18)17(21)20-16/h5-8,10-11H,9H2,1-4H3,(H,19,20,21). The van der Waals surface area contributed by atoms with E-state index < -0.39 is 0 Å². The van der Waals surface area contributed by atoms with E-state index in [0.29, 0.717) is 16.2 Å². The smallest absolute Gasteiger partial charge is 0.265 e. The van der Waals surface area contributed by atoms with Gasteiger partial charge in [0.25, 0.3) is 5.56 Å². The summed E-state index contributed by atoms with van der Waals surface area (Å²) >= 11 is 3.32. The van der Waals surface area contributed by atoms with E-state index in [4.69, 9.17) is 0 Å². The Morgan fingerprint density at radius 1 is 1.14 bits per heavy atom. The van der Waals surface area contributed by atoms with Crippen LogP contribution in [0.3, 0.4) is 0 Å². The van der Waals surface area contributed by atoms with Crippen LogP contribution in [0.15, 0.2) is 33.5 Å². The zero-order chi connectivity index (χ0) is 15.6. The summed E-state index contributed by atoms with van der Waals surface area (Å²) in [6, 6.07) is 8.25. The van der Waals surface area contributed by atoms with E-state index in [9.17, 15) is 4.79 Å². The Labute approximate surface area is 134 Å². The minimum Gasteiger partial charge on any atom is -0.306 e. The average molecular weight is 349 g/mol. The third-order valence-corrected chi connectivity index (χ3v) is 4.07. The molecular formula is C17H21BrN2O. The number of hydrogen-bond donors (Lipinski definition) is 1. The van der Waals surface area contributed by atoms with Crippen molar-refractivity contribution in [3.8, 4) is 11.4 Å². The first-order valence-electron chi connectivity index (χ1n) is 7.27. The maximum atomic E-state index is 12.0. The van der Waals surface area contributed by atoms with Gasteiger partial charge in [-0.2, -0.15) is 0 Å². The van der Waals surface area contributed by atoms with E-state index in [0.717, 1.165) is 17.7 Å². The minimum atomic E-state index is -0.130. The second-order valence-electron chi connectivity index (χ2n) is 6.06. The number of rotatable bonds is 4. The highest BCUT2D eigenvalue weighted by Crippen LogP contribution is 2.23. The van der Waals surface area contributed by atoms with Crippen molar-refractivity contribution in [3.63, 3.8) is 0 Å². The van der Waals surface area contributed by atoms with Crippen LogP contribution >= 0.6 is 15.9 Å². The van der Waals surface area contributed by atoms with Gasteiger partial charge in [0.1, 0.15) is 10.3 Å². The molecule has 21 heavy (non-hydrogen) atoms. The predicted molar refractivity (Wildman–Crippen MR) is 90.6 cm³/mol. The molecule has 0 aliphatic heterocycles. The number of nitrogens with zero attached hydrogens (tertiary/aromatic N) is 1. The van der Waals surface area contributed by atoms with Gasteiger partial charge in [0.05, 0.1) is 5.69 Å². The fraction of sp³-hybridized carbons (Fsp3) is 0.412. The molecule has 1 heterocycles. The van der Waals surface area contributed by atoms with Gasteiger partial charge in [0, 0.05) is 5.56 Å². The maximum absolute atomic E-state index is 12.0. The summed E-state index contributed by atoms with van der Waals surface area (Å²) in [5, 5.41) is 0. The van der Waals surface area contributed by atoms with Gasteiger partial charge in [-0.25, -0.2) is 4.98 Å². The van der Waals surface area contributed by atoms with Crippen LogP contribution in [-0.2, 0) is 6.42 Å². The number of halogens is 1. The Hall–Kier alpha value is -1.42. The first-order valence-corrected chi connectivity index (χ1v) is 8.06. The summed E-state index contributed by atoms with van der Waals surface area (Å²) in [5.41, 5.74) is 2.90. The number of benzene rings is 1. The molecule has 1 aromatic heterocycles. The van der Waals surface area contributed by atoms with E-state index in [-0.39, 0.29) is 11.5 Å². The van der Waals surface area contributed by atoms with Crippen molar-refractivity contribution in [3.05, 3.63) is 50.3 Å². The molecular weight excluding hydrogens is 328 g/mol. The Morgan fingerprint density at radius 2 is 1.76 bits per heavy atom. The van der Waals surface area contributed by atoms with Crippen LogP contribution in [0.25, 0.3) is 11.4 Å². The molecule has 0 aliphatic rings. The monoisotopic (exact) mass is 348 g/mol. The highest BCUT2D eigenvalue weighted by molar-refractivity contribution is 9.10. The fourth-order valence-corrected chi connectivity index (χ4v) is 2.91. The highest BCUT2D eigenvalue weighted by atomic mass is 79.9. The third kappa shape index (κ3) is 3.82. The van der Waals surface area contributed by atoms with Crippen LogP contribution in [0.2, 0.25) is 0 Å². The predicted octanol–water partition coefficient (Wildman–Crippen LogP) is 4.52. The molecule has 0 unspecified atom stereocenters. The summed E-state index contributed by atoms with van der Waals surface area (Å²) in [7, 11) is 0. The fourth-order valence-electron chi connectivity index (χ4n) is 2.27. The average Bonchev–Trinajstić information content (AvgIpc) is 2.41. The molecule has 4 heteroatoms. The molecule has 0 atom stereocenters. The van der Waals surface area contributed by atoms with Gasteiger partial charge >= 0.3 is 0 Å². The Bertz CT molecular complexity index is 672. The summed E-state index contributed by atoms with van der Waals surface area (Å²) in [4.78, 5) is 19.4. The van der Waals surface area contributed by atoms with Gasteiger partial charge in [0.2, 0.25) is 0 Å². The van der Waals surface area contributed by atoms with E-state index in [1.807, 2.05) is 26.0 Å². The van der Waals surface area contributed by atoms with Crippen LogP contribution in [-0.4, -0.2) is 9.97 Å². The number of nitrogens with one attached hydrogen (secondary N) is 1. The van der Waals surface area contributed by atoms with Gasteiger partial charge in [-0.05, 0) is 39.8 Å². The molecule has 0 aliphatic carbocycles. The number of aromatic amines is 1. The molecule has 0 saturated carbocycles. The molecule has 0 saturated heterocycles. The van der Waals surface area contributed by atoms with Crippen molar-refractivity contribution >= 4 is 15.9 Å². The maximum Gasteiger partial charge on any atom is 0.265 e. The number of hydrogen-bond acceptors (Lipinski definition) is 2. The van der Waals surface area contributed by atoms with Crippen molar-refractivity contribution in [1.29, 1.82) is 0 Å². The van der Waals surface area contributed by atoms with Crippen molar-refractivity contribution < 1.29 is 0 Å². The van der Waals surface area contributed by atoms with Crippen LogP contribution in [0.1, 0.15) is 44.9 Å². The first kappa shape index (κ1) is 16.0. The Kier molecular flexibility index (Phi) is 4.99. The summed E-state index contributed by atoms with van der Waals surface area (Å²) in [5.74, 6) is 1.46. The first-order chi connectivity index (χ1) is 9.88. The minimum absolute atomic E-state index is 0.130. The summed E-state index contributed by atoms with van der Waals surface area (Å²) in [6.07, 6.45) is 1.06. The van der Waals surface area contributed by atoms with Gasteiger partial charge < -0.3 is 4.98 Å². The lowest BCUT2D eigenvalue weighted by molar-refractivity contribution is 0.647. The lowest BCUT2D eigenvalue weighted by atomic mass is 10.0. The summed E-state index contributed by atoms with van der Waals surface area (Å²) in [6.45, 7) is 8.47. The normalized spacial score (nSPS) is 11.4. The van der Waals surface area contributed by atoms with Gasteiger partial charge in [-0.15, -0.1) is 0 Å². The quantitative estimate of drug-likeness (QED) is 0.882. The molecule has 1 N–H and O–H groups in total. The number of aromatic nitrogens is 2. The summed E-state index contributed by atoms with van der Waals surface area (Å²) < 4.78 is 0.526. The van der Waals surface area contributed by atoms with Gasteiger partial charge in [0.15, 0.2) is 0 Å². The van der Waals surface area contributed by atoms with E-state index >= 15 is 0 Å². The molecule has 0 fully saturated rings. The van der Waals surface area contributed by atoms with Crippen LogP contribution < -0.4 is 5.56 Å². The van der Waals surface area contributed by atoms with E-state index in [1.165, 1.54) is 5.56 Å². The molecule has 0 bridgehead atoms. The Balaban J connectivity index is 2.40. The zero-order valence-electron chi connectivity index (χ0n) is 12.9. The Morgan fingerprint density at radius 3 is 2.29 bits per heavy atom. The molecule has 0 amide bonds. The highest BCUT2D eigenvalue weighted by Gasteiger charge is 2.13. The van der Waals surface area contributed by atoms with Crippen molar-refractivity contribution in [2.75, 3.05) is 0 Å². The zero-order valence-corrected chi connectivity index (χ0v) is 14.5. The molecule has 2 rings (SSSR count). The van der Waals surface area contributed by atoms with Gasteiger partial charge in [-0.1, -0.05) is 52.0 Å².